The van der Waals surface area contributed by atoms with Crippen molar-refractivity contribution in [2.45, 2.75) is 12.5 Å². The van der Waals surface area contributed by atoms with Crippen LogP contribution in [0.15, 0.2) is 30.3 Å². The monoisotopic (exact) mass is 239 g/mol. The molecule has 1 aromatic carbocycles. The molecule has 1 rings (SSSR count). The van der Waals surface area contributed by atoms with Crippen LogP contribution in [-0.4, -0.2) is 39.8 Å². The molecule has 4 heteroatoms. The van der Waals surface area contributed by atoms with E-state index in [9.17, 15) is 4.79 Å². The molecule has 0 saturated heterocycles. The van der Waals surface area contributed by atoms with Crippen LogP contribution in [0.1, 0.15) is 5.56 Å². The molecular weight excluding hydrogens is 218 g/mol. The zero-order valence-corrected chi connectivity index (χ0v) is 10.5. The average Bonchev–Trinajstić information content (AvgIpc) is 2.38. The highest BCUT2D eigenvalue weighted by atomic mass is 16.5. The topological polar surface area (TPSA) is 61.6 Å². The van der Waals surface area contributed by atoms with Crippen molar-refractivity contribution in [3.8, 4) is 0 Å². The van der Waals surface area contributed by atoms with Crippen LogP contribution in [0.25, 0.3) is 0 Å². The fourth-order valence-corrected chi connectivity index (χ4v) is 1.10. The highest BCUT2D eigenvalue weighted by Crippen LogP contribution is 1.99. The van der Waals surface area contributed by atoms with E-state index < -0.39 is 0 Å². The highest BCUT2D eigenvalue weighted by Gasteiger charge is 1.99. The van der Waals surface area contributed by atoms with E-state index in [1.54, 1.807) is 14.2 Å². The van der Waals surface area contributed by atoms with E-state index in [-0.39, 0.29) is 6.04 Å². The molecule has 0 saturated carbocycles. The molecule has 2 N–H and O–H groups in total. The van der Waals surface area contributed by atoms with Crippen molar-refractivity contribution in [1.82, 2.24) is 0 Å². The van der Waals surface area contributed by atoms with Crippen LogP contribution in [0.3, 0.4) is 0 Å². The standard InChI is InChI=1S/C9H11NO.C4H10O2/c10-9(7-11)6-8-4-2-1-3-5-8;1-5-3-4-6-2/h1-5,7,9H,6,10H2;3-4H2,1-2H3. The summed E-state index contributed by atoms with van der Waals surface area (Å²) in [6.07, 6.45) is 1.40. The van der Waals surface area contributed by atoms with Crippen LogP contribution in [0, 0.1) is 0 Å². The molecule has 0 aromatic heterocycles. The predicted octanol–water partition coefficient (Wildman–Crippen LogP) is 1.03. The average molecular weight is 239 g/mol. The third kappa shape index (κ3) is 9.68. The third-order valence-corrected chi connectivity index (χ3v) is 1.98. The van der Waals surface area contributed by atoms with Crippen LogP contribution in [0.2, 0.25) is 0 Å². The van der Waals surface area contributed by atoms with E-state index in [4.69, 9.17) is 5.73 Å². The second-order valence-corrected chi connectivity index (χ2v) is 3.48. The molecule has 0 aliphatic heterocycles. The molecule has 0 spiro atoms. The number of hydrogen-bond donors (Lipinski definition) is 1. The van der Waals surface area contributed by atoms with Crippen molar-refractivity contribution in [3.05, 3.63) is 35.9 Å². The summed E-state index contributed by atoms with van der Waals surface area (Å²) in [4.78, 5) is 10.2. The number of hydrogen-bond acceptors (Lipinski definition) is 4. The van der Waals surface area contributed by atoms with Crippen molar-refractivity contribution >= 4 is 6.29 Å². The first-order valence-corrected chi connectivity index (χ1v) is 5.47. The molecule has 96 valence electrons. The predicted molar refractivity (Wildman–Crippen MR) is 67.9 cm³/mol. The van der Waals surface area contributed by atoms with Gasteiger partial charge in [0, 0.05) is 14.2 Å². The van der Waals surface area contributed by atoms with E-state index in [0.29, 0.717) is 19.6 Å². The Morgan fingerprint density at radius 2 is 1.71 bits per heavy atom. The SMILES string of the molecule is COCCOC.NC(C=O)Cc1ccccc1. The van der Waals surface area contributed by atoms with Gasteiger partial charge in [-0.25, -0.2) is 0 Å². The molecular formula is C13H21NO3. The lowest BCUT2D eigenvalue weighted by Crippen LogP contribution is -2.23. The summed E-state index contributed by atoms with van der Waals surface area (Å²) in [7, 11) is 3.30. The van der Waals surface area contributed by atoms with Crippen LogP contribution in [-0.2, 0) is 20.7 Å². The second kappa shape index (κ2) is 11.3. The Morgan fingerprint density at radius 1 is 1.18 bits per heavy atom. The number of aldehydes is 1. The molecule has 0 aliphatic rings. The smallest absolute Gasteiger partial charge is 0.137 e. The Kier molecular flexibility index (Phi) is 10.4. The summed E-state index contributed by atoms with van der Waals surface area (Å²) in [5.41, 5.74) is 6.54. The van der Waals surface area contributed by atoms with Gasteiger partial charge in [-0.05, 0) is 12.0 Å². The molecule has 4 nitrogen and oxygen atoms in total. The second-order valence-electron chi connectivity index (χ2n) is 3.48. The van der Waals surface area contributed by atoms with Crippen molar-refractivity contribution < 1.29 is 14.3 Å². The maximum Gasteiger partial charge on any atom is 0.137 e. The van der Waals surface area contributed by atoms with Crippen LogP contribution in [0.4, 0.5) is 0 Å². The van der Waals surface area contributed by atoms with Crippen molar-refractivity contribution in [2.24, 2.45) is 5.73 Å². The van der Waals surface area contributed by atoms with E-state index in [1.807, 2.05) is 30.3 Å². The summed E-state index contributed by atoms with van der Waals surface area (Å²) in [5.74, 6) is 0. The van der Waals surface area contributed by atoms with Crippen LogP contribution in [0.5, 0.6) is 0 Å². The van der Waals surface area contributed by atoms with Gasteiger partial charge in [0.15, 0.2) is 0 Å². The fraction of sp³-hybridized carbons (Fsp3) is 0.462. The quantitative estimate of drug-likeness (QED) is 0.595. The molecule has 0 bridgehead atoms. The van der Waals surface area contributed by atoms with E-state index in [1.165, 1.54) is 0 Å². The zero-order chi connectivity index (χ0) is 12.9. The molecule has 0 radical (unpaired) electrons. The minimum absolute atomic E-state index is 0.364. The first kappa shape index (κ1) is 15.8. The lowest BCUT2D eigenvalue weighted by atomic mass is 10.1. The number of nitrogens with two attached hydrogens (primary N) is 1. The Bertz CT molecular complexity index is 273. The molecule has 0 fully saturated rings. The number of methoxy groups -OCH3 is 2. The van der Waals surface area contributed by atoms with Crippen molar-refractivity contribution in [3.63, 3.8) is 0 Å². The summed E-state index contributed by atoms with van der Waals surface area (Å²) in [6, 6.07) is 9.37. The van der Waals surface area contributed by atoms with E-state index in [0.717, 1.165) is 11.8 Å². The number of carbonyl (C=O) groups is 1. The van der Waals surface area contributed by atoms with Gasteiger partial charge in [0.2, 0.25) is 0 Å². The molecule has 1 atom stereocenters. The van der Waals surface area contributed by atoms with Gasteiger partial charge in [-0.1, -0.05) is 30.3 Å². The minimum Gasteiger partial charge on any atom is -0.382 e. The number of rotatable bonds is 6. The molecule has 1 unspecified atom stereocenters. The van der Waals surface area contributed by atoms with Crippen LogP contribution < -0.4 is 5.73 Å². The highest BCUT2D eigenvalue weighted by molar-refractivity contribution is 5.57. The lowest BCUT2D eigenvalue weighted by molar-refractivity contribution is -0.108. The van der Waals surface area contributed by atoms with Gasteiger partial charge < -0.3 is 20.0 Å². The summed E-state index contributed by atoms with van der Waals surface area (Å²) in [6.45, 7) is 1.38. The van der Waals surface area contributed by atoms with Gasteiger partial charge in [0.05, 0.1) is 19.3 Å². The zero-order valence-electron chi connectivity index (χ0n) is 10.5. The maximum absolute atomic E-state index is 10.2. The summed E-state index contributed by atoms with van der Waals surface area (Å²) in [5, 5.41) is 0. The van der Waals surface area contributed by atoms with Crippen molar-refractivity contribution in [1.29, 1.82) is 0 Å². The molecule has 0 amide bonds. The first-order valence-electron chi connectivity index (χ1n) is 5.47. The molecule has 1 aromatic rings. The fourth-order valence-electron chi connectivity index (χ4n) is 1.10. The number of benzene rings is 1. The van der Waals surface area contributed by atoms with Gasteiger partial charge in [-0.3, -0.25) is 0 Å². The minimum atomic E-state index is -0.364. The Labute approximate surface area is 103 Å². The Morgan fingerprint density at radius 3 is 2.12 bits per heavy atom. The van der Waals surface area contributed by atoms with Gasteiger partial charge in [-0.15, -0.1) is 0 Å². The lowest BCUT2D eigenvalue weighted by Gasteiger charge is -2.02. The molecule has 0 aliphatic carbocycles. The normalized spacial score (nSPS) is 11.2. The summed E-state index contributed by atoms with van der Waals surface area (Å²) >= 11 is 0. The van der Waals surface area contributed by atoms with Gasteiger partial charge in [-0.2, -0.15) is 0 Å². The van der Waals surface area contributed by atoms with E-state index in [2.05, 4.69) is 9.47 Å². The first-order chi connectivity index (χ1) is 8.24. The largest absolute Gasteiger partial charge is 0.382 e. The Balaban J connectivity index is 0.000000366. The maximum atomic E-state index is 10.2. The van der Waals surface area contributed by atoms with Crippen LogP contribution >= 0.6 is 0 Å². The van der Waals surface area contributed by atoms with Crippen molar-refractivity contribution in [2.75, 3.05) is 27.4 Å². The van der Waals surface area contributed by atoms with Gasteiger partial charge in [0.25, 0.3) is 0 Å². The molecule has 17 heavy (non-hydrogen) atoms. The Hall–Kier alpha value is -1.23. The third-order valence-electron chi connectivity index (χ3n) is 1.98. The number of carbonyl (C=O) groups excluding carboxylic acids is 1. The molecule has 0 heterocycles. The van der Waals surface area contributed by atoms with Gasteiger partial charge >= 0.3 is 0 Å². The van der Waals surface area contributed by atoms with Gasteiger partial charge in [0.1, 0.15) is 6.29 Å². The number of ether oxygens (including phenoxy) is 2. The summed E-state index contributed by atoms with van der Waals surface area (Å²) < 4.78 is 9.31. The van der Waals surface area contributed by atoms with E-state index >= 15 is 0 Å².